The molecule has 0 unspecified atom stereocenters. The molecule has 0 saturated heterocycles. The van der Waals surface area contributed by atoms with Gasteiger partial charge in [0.1, 0.15) is 18.0 Å². The van der Waals surface area contributed by atoms with Crippen LogP contribution >= 0.6 is 0 Å². The summed E-state index contributed by atoms with van der Waals surface area (Å²) in [7, 11) is 0. The van der Waals surface area contributed by atoms with Gasteiger partial charge in [0.15, 0.2) is 0 Å². The topological polar surface area (TPSA) is 49.7 Å². The van der Waals surface area contributed by atoms with Crippen LogP contribution in [0.4, 0.5) is 0 Å². The smallest absolute Gasteiger partial charge is 0.131 e. The minimum Gasteiger partial charge on any atom is -0.487 e. The van der Waals surface area contributed by atoms with Gasteiger partial charge in [-0.1, -0.05) is 18.2 Å². The molecule has 0 aromatic heterocycles. The molecular formula is C10H12O3. The lowest BCUT2D eigenvalue weighted by atomic mass is 10.1. The van der Waals surface area contributed by atoms with Crippen LogP contribution in [0.2, 0.25) is 0 Å². The first kappa shape index (κ1) is 8.53. The zero-order chi connectivity index (χ0) is 9.26. The highest BCUT2D eigenvalue weighted by atomic mass is 16.5. The van der Waals surface area contributed by atoms with Crippen molar-refractivity contribution in [3.63, 3.8) is 0 Å². The Balaban J connectivity index is 2.14. The fraction of sp³-hybridized carbons (Fsp3) is 0.400. The number of benzene rings is 1. The van der Waals surface area contributed by atoms with E-state index in [4.69, 9.17) is 9.84 Å². The number of aliphatic hydroxyl groups excluding tert-OH is 2. The van der Waals surface area contributed by atoms with Gasteiger partial charge in [-0.3, -0.25) is 0 Å². The monoisotopic (exact) mass is 180 g/mol. The van der Waals surface area contributed by atoms with Crippen LogP contribution in [0.25, 0.3) is 0 Å². The summed E-state index contributed by atoms with van der Waals surface area (Å²) in [6.45, 7) is -0.251. The first-order valence-corrected chi connectivity index (χ1v) is 4.34. The number of para-hydroxylation sites is 1. The Labute approximate surface area is 76.6 Å². The summed E-state index contributed by atoms with van der Waals surface area (Å²) >= 11 is 0. The molecule has 1 heterocycles. The van der Waals surface area contributed by atoms with Gasteiger partial charge in [0.05, 0.1) is 6.61 Å². The van der Waals surface area contributed by atoms with Crippen LogP contribution in [-0.2, 0) is 6.42 Å². The zero-order valence-corrected chi connectivity index (χ0v) is 7.18. The van der Waals surface area contributed by atoms with E-state index in [1.54, 1.807) is 0 Å². The Morgan fingerprint density at radius 2 is 2.23 bits per heavy atom. The van der Waals surface area contributed by atoms with Gasteiger partial charge in [0.2, 0.25) is 0 Å². The molecule has 0 radical (unpaired) electrons. The van der Waals surface area contributed by atoms with E-state index in [2.05, 4.69) is 0 Å². The van der Waals surface area contributed by atoms with Crippen LogP contribution in [0.15, 0.2) is 24.3 Å². The molecule has 0 fully saturated rings. The Morgan fingerprint density at radius 1 is 1.46 bits per heavy atom. The molecule has 70 valence electrons. The van der Waals surface area contributed by atoms with Gasteiger partial charge in [0.25, 0.3) is 0 Å². The Kier molecular flexibility index (Phi) is 2.20. The van der Waals surface area contributed by atoms with E-state index in [-0.39, 0.29) is 12.7 Å². The lowest BCUT2D eigenvalue weighted by Gasteiger charge is -2.14. The lowest BCUT2D eigenvalue weighted by molar-refractivity contribution is 0.00955. The summed E-state index contributed by atoms with van der Waals surface area (Å²) in [4.78, 5) is 0. The van der Waals surface area contributed by atoms with E-state index >= 15 is 0 Å². The largest absolute Gasteiger partial charge is 0.487 e. The summed E-state index contributed by atoms with van der Waals surface area (Å²) in [6.07, 6.45) is -0.396. The fourth-order valence-corrected chi connectivity index (χ4v) is 1.54. The third kappa shape index (κ3) is 1.53. The first-order chi connectivity index (χ1) is 6.31. The predicted molar refractivity (Wildman–Crippen MR) is 47.7 cm³/mol. The number of ether oxygens (including phenoxy) is 1. The second-order valence-electron chi connectivity index (χ2n) is 3.22. The number of rotatable bonds is 2. The van der Waals surface area contributed by atoms with Gasteiger partial charge < -0.3 is 14.9 Å². The van der Waals surface area contributed by atoms with Crippen LogP contribution in [0.5, 0.6) is 5.75 Å². The van der Waals surface area contributed by atoms with Gasteiger partial charge >= 0.3 is 0 Å². The molecule has 0 amide bonds. The maximum atomic E-state index is 9.35. The third-order valence-corrected chi connectivity index (χ3v) is 2.29. The van der Waals surface area contributed by atoms with Crippen LogP contribution in [0.1, 0.15) is 5.56 Å². The Morgan fingerprint density at radius 3 is 2.92 bits per heavy atom. The molecule has 1 aromatic carbocycles. The minimum atomic E-state index is -0.785. The van der Waals surface area contributed by atoms with Crippen molar-refractivity contribution in [2.24, 2.45) is 0 Å². The van der Waals surface area contributed by atoms with E-state index in [1.807, 2.05) is 24.3 Å². The number of hydrogen-bond acceptors (Lipinski definition) is 3. The van der Waals surface area contributed by atoms with Gasteiger partial charge in [0, 0.05) is 6.42 Å². The van der Waals surface area contributed by atoms with Crippen molar-refractivity contribution in [2.45, 2.75) is 18.6 Å². The molecule has 2 N–H and O–H groups in total. The van der Waals surface area contributed by atoms with Crippen molar-refractivity contribution in [2.75, 3.05) is 6.61 Å². The predicted octanol–water partition coefficient (Wildman–Crippen LogP) is 0.343. The zero-order valence-electron chi connectivity index (χ0n) is 7.18. The molecular weight excluding hydrogens is 168 g/mol. The van der Waals surface area contributed by atoms with E-state index in [0.717, 1.165) is 11.3 Å². The van der Waals surface area contributed by atoms with E-state index in [9.17, 15) is 5.11 Å². The number of hydrogen-bond donors (Lipinski definition) is 2. The average molecular weight is 180 g/mol. The van der Waals surface area contributed by atoms with Gasteiger partial charge in [-0.15, -0.1) is 0 Å². The summed E-state index contributed by atoms with van der Waals surface area (Å²) in [5.41, 5.74) is 1.10. The summed E-state index contributed by atoms with van der Waals surface area (Å²) < 4.78 is 5.45. The van der Waals surface area contributed by atoms with E-state index in [1.165, 1.54) is 0 Å². The molecule has 0 bridgehead atoms. The quantitative estimate of drug-likeness (QED) is 0.690. The third-order valence-electron chi connectivity index (χ3n) is 2.29. The van der Waals surface area contributed by atoms with Gasteiger partial charge in [-0.25, -0.2) is 0 Å². The second kappa shape index (κ2) is 3.36. The van der Waals surface area contributed by atoms with Crippen LogP contribution in [0.3, 0.4) is 0 Å². The van der Waals surface area contributed by atoms with E-state index in [0.29, 0.717) is 6.42 Å². The highest BCUT2D eigenvalue weighted by Gasteiger charge is 2.28. The number of fused-ring (bicyclic) bond motifs is 1. The number of aliphatic hydroxyl groups is 2. The SMILES string of the molecule is OC[C@H](O)[C@H]1Cc2ccccc2O1. The van der Waals surface area contributed by atoms with Crippen LogP contribution < -0.4 is 4.74 Å². The Hall–Kier alpha value is -1.06. The molecule has 0 aliphatic carbocycles. The normalized spacial score (nSPS) is 22.2. The molecule has 0 saturated carbocycles. The van der Waals surface area contributed by atoms with Crippen molar-refractivity contribution in [3.8, 4) is 5.75 Å². The average Bonchev–Trinajstić information content (AvgIpc) is 2.59. The van der Waals surface area contributed by atoms with Crippen molar-refractivity contribution in [1.82, 2.24) is 0 Å². The fourth-order valence-electron chi connectivity index (χ4n) is 1.54. The van der Waals surface area contributed by atoms with Crippen LogP contribution in [-0.4, -0.2) is 29.0 Å². The maximum absolute atomic E-state index is 9.35. The van der Waals surface area contributed by atoms with Crippen molar-refractivity contribution >= 4 is 0 Å². The van der Waals surface area contributed by atoms with Crippen molar-refractivity contribution in [1.29, 1.82) is 0 Å². The molecule has 13 heavy (non-hydrogen) atoms. The molecule has 2 rings (SSSR count). The maximum Gasteiger partial charge on any atom is 0.131 e. The molecule has 1 aromatic rings. The summed E-state index contributed by atoms with van der Waals surface area (Å²) in [6, 6.07) is 7.68. The highest BCUT2D eigenvalue weighted by molar-refractivity contribution is 5.37. The van der Waals surface area contributed by atoms with Crippen LogP contribution in [0, 0.1) is 0 Å². The molecule has 2 atom stereocenters. The highest BCUT2D eigenvalue weighted by Crippen LogP contribution is 2.29. The molecule has 3 heteroatoms. The van der Waals surface area contributed by atoms with Crippen molar-refractivity contribution in [3.05, 3.63) is 29.8 Å². The van der Waals surface area contributed by atoms with Crippen molar-refractivity contribution < 1.29 is 14.9 Å². The minimum absolute atomic E-state index is 0.251. The van der Waals surface area contributed by atoms with Gasteiger partial charge in [-0.2, -0.15) is 0 Å². The molecule has 3 nitrogen and oxygen atoms in total. The standard InChI is InChI=1S/C10H12O3/c11-6-8(12)10-5-7-3-1-2-4-9(7)13-10/h1-4,8,10-12H,5-6H2/t8-,10+/m0/s1. The first-order valence-electron chi connectivity index (χ1n) is 4.34. The summed E-state index contributed by atoms with van der Waals surface area (Å²) in [5.74, 6) is 0.819. The van der Waals surface area contributed by atoms with Gasteiger partial charge in [-0.05, 0) is 11.6 Å². The molecule has 1 aliphatic rings. The Bertz CT molecular complexity index is 273. The summed E-state index contributed by atoms with van der Waals surface area (Å²) in [5, 5.41) is 18.1. The lowest BCUT2D eigenvalue weighted by Crippen LogP contribution is -2.32. The second-order valence-corrected chi connectivity index (χ2v) is 3.22. The molecule has 0 spiro atoms. The van der Waals surface area contributed by atoms with E-state index < -0.39 is 6.10 Å². The molecule has 1 aliphatic heterocycles.